The van der Waals surface area contributed by atoms with Crippen molar-refractivity contribution < 1.29 is 4.74 Å². The van der Waals surface area contributed by atoms with Crippen LogP contribution in [0, 0.1) is 0 Å². The molecule has 0 unspecified atom stereocenters. The molecule has 16 heavy (non-hydrogen) atoms. The molecule has 0 fully saturated rings. The molecule has 0 radical (unpaired) electrons. The Morgan fingerprint density at radius 2 is 2.06 bits per heavy atom. The Morgan fingerprint density at radius 1 is 1.31 bits per heavy atom. The lowest BCUT2D eigenvalue weighted by Crippen LogP contribution is -2.23. The highest BCUT2D eigenvalue weighted by Crippen LogP contribution is 2.16. The van der Waals surface area contributed by atoms with Crippen LogP contribution in [0.3, 0.4) is 0 Å². The second-order valence-corrected chi connectivity index (χ2v) is 4.97. The molecule has 0 N–H and O–H groups in total. The maximum atomic E-state index is 5.39. The first-order valence-electron chi connectivity index (χ1n) is 5.34. The highest BCUT2D eigenvalue weighted by molar-refractivity contribution is 9.10. The van der Waals surface area contributed by atoms with E-state index in [2.05, 4.69) is 58.7 Å². The van der Waals surface area contributed by atoms with Gasteiger partial charge in [0.25, 0.3) is 0 Å². The molecule has 0 aliphatic rings. The minimum absolute atomic E-state index is 0.728. The van der Waals surface area contributed by atoms with Crippen molar-refractivity contribution in [3.63, 3.8) is 0 Å². The molecule has 0 saturated heterocycles. The van der Waals surface area contributed by atoms with Crippen LogP contribution in [0.1, 0.15) is 5.56 Å². The number of hydrogen-bond donors (Lipinski definition) is 1. The molecule has 4 heteroatoms. The zero-order valence-corrected chi connectivity index (χ0v) is 12.0. The molecule has 1 aromatic rings. The SMILES string of the molecule is CN(CCOCCS)Cc1ccccc1Br. The molecule has 90 valence electrons. The van der Waals surface area contributed by atoms with Crippen LogP contribution in [0.25, 0.3) is 0 Å². The lowest BCUT2D eigenvalue weighted by atomic mass is 10.2. The Morgan fingerprint density at radius 3 is 2.75 bits per heavy atom. The van der Waals surface area contributed by atoms with E-state index in [0.717, 1.165) is 36.5 Å². The highest BCUT2D eigenvalue weighted by atomic mass is 79.9. The number of rotatable bonds is 7. The number of hydrogen-bond acceptors (Lipinski definition) is 3. The van der Waals surface area contributed by atoms with Crippen molar-refractivity contribution in [3.05, 3.63) is 34.3 Å². The van der Waals surface area contributed by atoms with Crippen LogP contribution in [0.2, 0.25) is 0 Å². The molecule has 0 saturated carbocycles. The molecule has 1 aromatic carbocycles. The first kappa shape index (κ1) is 14.0. The van der Waals surface area contributed by atoms with E-state index in [1.54, 1.807) is 0 Å². The molecule has 0 aliphatic heterocycles. The van der Waals surface area contributed by atoms with Crippen LogP contribution >= 0.6 is 28.6 Å². The zero-order valence-electron chi connectivity index (χ0n) is 9.53. The van der Waals surface area contributed by atoms with Crippen molar-refractivity contribution in [1.29, 1.82) is 0 Å². The molecule has 1 rings (SSSR count). The minimum Gasteiger partial charge on any atom is -0.379 e. The number of halogens is 1. The van der Waals surface area contributed by atoms with Crippen molar-refractivity contribution in [3.8, 4) is 0 Å². The number of thiol groups is 1. The standard InChI is InChI=1S/C12H18BrNOS/c1-14(6-7-15-8-9-16)10-11-4-2-3-5-12(11)13/h2-5,16H,6-10H2,1H3. The van der Waals surface area contributed by atoms with Crippen LogP contribution in [-0.2, 0) is 11.3 Å². The molecular weight excluding hydrogens is 286 g/mol. The van der Waals surface area contributed by atoms with E-state index in [9.17, 15) is 0 Å². The third-order valence-electron chi connectivity index (χ3n) is 2.25. The van der Waals surface area contributed by atoms with Crippen molar-refractivity contribution in [2.24, 2.45) is 0 Å². The van der Waals surface area contributed by atoms with Crippen molar-refractivity contribution in [2.75, 3.05) is 32.6 Å². The normalized spacial score (nSPS) is 11.0. The van der Waals surface area contributed by atoms with E-state index < -0.39 is 0 Å². The monoisotopic (exact) mass is 303 g/mol. The molecule has 0 aromatic heterocycles. The largest absolute Gasteiger partial charge is 0.379 e. The van der Waals surface area contributed by atoms with E-state index in [1.165, 1.54) is 5.56 Å². The second-order valence-electron chi connectivity index (χ2n) is 3.67. The molecule has 0 heterocycles. The van der Waals surface area contributed by atoms with E-state index in [-0.39, 0.29) is 0 Å². The summed E-state index contributed by atoms with van der Waals surface area (Å²) in [6, 6.07) is 8.30. The topological polar surface area (TPSA) is 12.5 Å². The summed E-state index contributed by atoms with van der Waals surface area (Å²) in [5.74, 6) is 0.786. The van der Waals surface area contributed by atoms with E-state index in [0.29, 0.717) is 0 Å². The predicted molar refractivity (Wildman–Crippen MR) is 75.1 cm³/mol. The minimum atomic E-state index is 0.728. The third-order valence-corrected chi connectivity index (χ3v) is 3.21. The van der Waals surface area contributed by atoms with Crippen molar-refractivity contribution in [1.82, 2.24) is 4.90 Å². The first-order valence-corrected chi connectivity index (χ1v) is 6.77. The Labute approximate surface area is 112 Å². The van der Waals surface area contributed by atoms with Gasteiger partial charge in [0.05, 0.1) is 13.2 Å². The zero-order chi connectivity index (χ0) is 11.8. The van der Waals surface area contributed by atoms with Crippen LogP contribution in [-0.4, -0.2) is 37.5 Å². The Hall–Kier alpha value is -0.0300. The van der Waals surface area contributed by atoms with Crippen LogP contribution in [0.4, 0.5) is 0 Å². The van der Waals surface area contributed by atoms with Gasteiger partial charge in [-0.15, -0.1) is 0 Å². The maximum Gasteiger partial charge on any atom is 0.0593 e. The first-order chi connectivity index (χ1) is 7.74. The molecular formula is C12H18BrNOS. The van der Waals surface area contributed by atoms with Gasteiger partial charge in [0.15, 0.2) is 0 Å². The van der Waals surface area contributed by atoms with Gasteiger partial charge in [-0.25, -0.2) is 0 Å². The fourth-order valence-corrected chi connectivity index (χ4v) is 1.92. The van der Waals surface area contributed by atoms with E-state index in [1.807, 2.05) is 6.07 Å². The molecule has 0 atom stereocenters. The van der Waals surface area contributed by atoms with Gasteiger partial charge in [-0.1, -0.05) is 34.1 Å². The molecule has 0 bridgehead atoms. The van der Waals surface area contributed by atoms with Gasteiger partial charge >= 0.3 is 0 Å². The summed E-state index contributed by atoms with van der Waals surface area (Å²) in [6.45, 7) is 3.37. The quantitative estimate of drug-likeness (QED) is 0.614. The number of ether oxygens (including phenoxy) is 1. The Bertz CT molecular complexity index is 309. The van der Waals surface area contributed by atoms with Gasteiger partial charge in [-0.2, -0.15) is 12.6 Å². The van der Waals surface area contributed by atoms with E-state index >= 15 is 0 Å². The fourth-order valence-electron chi connectivity index (χ4n) is 1.38. The van der Waals surface area contributed by atoms with Gasteiger partial charge in [0.1, 0.15) is 0 Å². The average molecular weight is 304 g/mol. The number of likely N-dealkylation sites (N-methyl/N-ethyl adjacent to an activating group) is 1. The van der Waals surface area contributed by atoms with Crippen molar-refractivity contribution in [2.45, 2.75) is 6.54 Å². The number of benzene rings is 1. The van der Waals surface area contributed by atoms with E-state index in [4.69, 9.17) is 4.74 Å². The maximum absolute atomic E-state index is 5.39. The summed E-state index contributed by atoms with van der Waals surface area (Å²) in [5, 5.41) is 0. The van der Waals surface area contributed by atoms with Gasteiger partial charge < -0.3 is 4.74 Å². The number of nitrogens with zero attached hydrogens (tertiary/aromatic N) is 1. The molecule has 0 spiro atoms. The Balaban J connectivity index is 2.28. The summed E-state index contributed by atoms with van der Waals surface area (Å²) in [4.78, 5) is 2.25. The lowest BCUT2D eigenvalue weighted by molar-refractivity contribution is 0.122. The third kappa shape index (κ3) is 5.34. The van der Waals surface area contributed by atoms with Crippen LogP contribution in [0.15, 0.2) is 28.7 Å². The van der Waals surface area contributed by atoms with Crippen molar-refractivity contribution >= 4 is 28.6 Å². The highest BCUT2D eigenvalue weighted by Gasteiger charge is 2.03. The summed E-state index contributed by atoms with van der Waals surface area (Å²) in [7, 11) is 2.10. The predicted octanol–water partition coefficient (Wildman–Crippen LogP) is 2.83. The fraction of sp³-hybridized carbons (Fsp3) is 0.500. The van der Waals surface area contributed by atoms with Gasteiger partial charge in [0.2, 0.25) is 0 Å². The van der Waals surface area contributed by atoms with Crippen LogP contribution < -0.4 is 0 Å². The molecule has 2 nitrogen and oxygen atoms in total. The average Bonchev–Trinajstić information content (AvgIpc) is 2.28. The van der Waals surface area contributed by atoms with Gasteiger partial charge in [-0.3, -0.25) is 4.90 Å². The van der Waals surface area contributed by atoms with Gasteiger partial charge in [0, 0.05) is 23.3 Å². The molecule has 0 amide bonds. The van der Waals surface area contributed by atoms with Gasteiger partial charge in [-0.05, 0) is 18.7 Å². The smallest absolute Gasteiger partial charge is 0.0593 e. The second kappa shape index (κ2) is 8.12. The Kier molecular flexibility index (Phi) is 7.12. The summed E-state index contributed by atoms with van der Waals surface area (Å²) >= 11 is 7.64. The summed E-state index contributed by atoms with van der Waals surface area (Å²) in [6.07, 6.45) is 0. The lowest BCUT2D eigenvalue weighted by Gasteiger charge is -2.17. The van der Waals surface area contributed by atoms with Crippen LogP contribution in [0.5, 0.6) is 0 Å². The summed E-state index contributed by atoms with van der Waals surface area (Å²) in [5.41, 5.74) is 1.30. The summed E-state index contributed by atoms with van der Waals surface area (Å²) < 4.78 is 6.56. The molecule has 0 aliphatic carbocycles.